The van der Waals surface area contributed by atoms with Crippen LogP contribution in [0.2, 0.25) is 0 Å². The second-order valence-corrected chi connectivity index (χ2v) is 5.57. The highest BCUT2D eigenvalue weighted by Gasteiger charge is 2.21. The molecule has 0 aliphatic heterocycles. The summed E-state index contributed by atoms with van der Waals surface area (Å²) in [6, 6.07) is 4.37. The Morgan fingerprint density at radius 1 is 1.25 bits per heavy atom. The van der Waals surface area contributed by atoms with Crippen LogP contribution in [-0.4, -0.2) is 13.0 Å². The van der Waals surface area contributed by atoms with Gasteiger partial charge in [0.05, 0.1) is 7.11 Å². The molecule has 0 atom stereocenters. The van der Waals surface area contributed by atoms with Gasteiger partial charge in [0, 0.05) is 11.4 Å². The monoisotopic (exact) mass is 240 g/mol. The molecule has 0 aliphatic rings. The number of ether oxygens (including phenoxy) is 1. The van der Waals surface area contributed by atoms with Gasteiger partial charge in [-0.2, -0.15) is 0 Å². The SMILES string of the molecule is COc1c(CCCl)cc(C)cc1C(C)(C)C. The maximum absolute atomic E-state index is 5.83. The number of methoxy groups -OCH3 is 1. The van der Waals surface area contributed by atoms with E-state index in [9.17, 15) is 0 Å². The largest absolute Gasteiger partial charge is 0.496 e. The van der Waals surface area contributed by atoms with Crippen LogP contribution in [0.1, 0.15) is 37.5 Å². The molecule has 0 fully saturated rings. The van der Waals surface area contributed by atoms with Crippen molar-refractivity contribution in [3.63, 3.8) is 0 Å². The van der Waals surface area contributed by atoms with E-state index in [1.54, 1.807) is 7.11 Å². The van der Waals surface area contributed by atoms with Crippen LogP contribution in [-0.2, 0) is 11.8 Å². The Morgan fingerprint density at radius 2 is 1.88 bits per heavy atom. The molecule has 16 heavy (non-hydrogen) atoms. The van der Waals surface area contributed by atoms with Crippen LogP contribution in [0.4, 0.5) is 0 Å². The molecule has 90 valence electrons. The van der Waals surface area contributed by atoms with Gasteiger partial charge in [0.2, 0.25) is 0 Å². The molecule has 0 saturated heterocycles. The van der Waals surface area contributed by atoms with Gasteiger partial charge in [0.15, 0.2) is 0 Å². The van der Waals surface area contributed by atoms with E-state index >= 15 is 0 Å². The summed E-state index contributed by atoms with van der Waals surface area (Å²) >= 11 is 5.83. The van der Waals surface area contributed by atoms with Crippen LogP contribution in [0.25, 0.3) is 0 Å². The van der Waals surface area contributed by atoms with Crippen molar-refractivity contribution in [3.8, 4) is 5.75 Å². The third kappa shape index (κ3) is 2.91. The molecule has 0 unspecified atom stereocenters. The van der Waals surface area contributed by atoms with Gasteiger partial charge in [0.25, 0.3) is 0 Å². The first-order chi connectivity index (χ1) is 7.40. The molecular weight excluding hydrogens is 220 g/mol. The Labute approximate surface area is 104 Å². The summed E-state index contributed by atoms with van der Waals surface area (Å²) in [7, 11) is 1.73. The molecule has 0 aromatic heterocycles. The highest BCUT2D eigenvalue weighted by molar-refractivity contribution is 6.18. The van der Waals surface area contributed by atoms with Crippen LogP contribution in [0.5, 0.6) is 5.75 Å². The summed E-state index contributed by atoms with van der Waals surface area (Å²) < 4.78 is 5.55. The van der Waals surface area contributed by atoms with Crippen molar-refractivity contribution < 1.29 is 4.74 Å². The van der Waals surface area contributed by atoms with E-state index in [4.69, 9.17) is 16.3 Å². The average Bonchev–Trinajstić information content (AvgIpc) is 2.16. The molecule has 0 N–H and O–H groups in total. The lowest BCUT2D eigenvalue weighted by Crippen LogP contribution is -2.14. The van der Waals surface area contributed by atoms with Gasteiger partial charge in [-0.25, -0.2) is 0 Å². The zero-order valence-corrected chi connectivity index (χ0v) is 11.6. The van der Waals surface area contributed by atoms with Crippen molar-refractivity contribution >= 4 is 11.6 Å². The lowest BCUT2D eigenvalue weighted by Gasteiger charge is -2.24. The second-order valence-electron chi connectivity index (χ2n) is 5.19. The van der Waals surface area contributed by atoms with Crippen molar-refractivity contribution in [1.29, 1.82) is 0 Å². The highest BCUT2D eigenvalue weighted by atomic mass is 35.5. The number of alkyl halides is 1. The number of hydrogen-bond donors (Lipinski definition) is 0. The summed E-state index contributed by atoms with van der Waals surface area (Å²) in [6.45, 7) is 8.73. The van der Waals surface area contributed by atoms with Crippen LogP contribution in [0.3, 0.4) is 0 Å². The second kappa shape index (κ2) is 5.09. The normalized spacial score (nSPS) is 11.6. The van der Waals surface area contributed by atoms with E-state index in [0.29, 0.717) is 5.88 Å². The Balaban J connectivity index is 3.36. The minimum absolute atomic E-state index is 0.0957. The maximum Gasteiger partial charge on any atom is 0.125 e. The zero-order chi connectivity index (χ0) is 12.3. The Kier molecular flexibility index (Phi) is 4.26. The standard InChI is InChI=1S/C14H21ClO/c1-10-8-11(6-7-15)13(16-5)12(9-10)14(2,3)4/h8-9H,6-7H2,1-5H3. The molecule has 0 saturated carbocycles. The number of halogens is 1. The van der Waals surface area contributed by atoms with E-state index in [-0.39, 0.29) is 5.41 Å². The molecule has 1 aromatic carbocycles. The van der Waals surface area contributed by atoms with Crippen LogP contribution in [0.15, 0.2) is 12.1 Å². The highest BCUT2D eigenvalue weighted by Crippen LogP contribution is 2.35. The number of hydrogen-bond acceptors (Lipinski definition) is 1. The Hall–Kier alpha value is -0.690. The molecule has 0 spiro atoms. The summed E-state index contributed by atoms with van der Waals surface area (Å²) in [5, 5.41) is 0. The van der Waals surface area contributed by atoms with Crippen molar-refractivity contribution in [2.24, 2.45) is 0 Å². The third-order valence-electron chi connectivity index (χ3n) is 2.69. The average molecular weight is 241 g/mol. The molecule has 2 heteroatoms. The lowest BCUT2D eigenvalue weighted by atomic mass is 9.84. The Bertz CT molecular complexity index is 364. The van der Waals surface area contributed by atoms with E-state index in [2.05, 4.69) is 39.8 Å². The molecule has 1 nitrogen and oxygen atoms in total. The molecule has 1 aromatic rings. The van der Waals surface area contributed by atoms with Gasteiger partial charge in [-0.05, 0) is 24.3 Å². The smallest absolute Gasteiger partial charge is 0.125 e. The van der Waals surface area contributed by atoms with E-state index in [0.717, 1.165) is 12.2 Å². The summed E-state index contributed by atoms with van der Waals surface area (Å²) in [5.74, 6) is 1.63. The zero-order valence-electron chi connectivity index (χ0n) is 10.9. The van der Waals surface area contributed by atoms with Crippen LogP contribution >= 0.6 is 11.6 Å². The minimum atomic E-state index is 0.0957. The minimum Gasteiger partial charge on any atom is -0.496 e. The van der Waals surface area contributed by atoms with E-state index in [1.165, 1.54) is 16.7 Å². The van der Waals surface area contributed by atoms with Gasteiger partial charge in [-0.3, -0.25) is 0 Å². The number of rotatable bonds is 3. The summed E-state index contributed by atoms with van der Waals surface area (Å²) in [4.78, 5) is 0. The molecule has 0 bridgehead atoms. The third-order valence-corrected chi connectivity index (χ3v) is 2.88. The molecule has 0 heterocycles. The molecule has 0 amide bonds. The lowest BCUT2D eigenvalue weighted by molar-refractivity contribution is 0.393. The van der Waals surface area contributed by atoms with Gasteiger partial charge in [0.1, 0.15) is 5.75 Å². The first kappa shape index (κ1) is 13.4. The number of benzene rings is 1. The molecule has 1 rings (SSSR count). The fraction of sp³-hybridized carbons (Fsp3) is 0.571. The molecule has 0 aliphatic carbocycles. The quantitative estimate of drug-likeness (QED) is 0.724. The molecular formula is C14H21ClO. The van der Waals surface area contributed by atoms with Crippen molar-refractivity contribution in [3.05, 3.63) is 28.8 Å². The predicted molar refractivity (Wildman–Crippen MR) is 70.9 cm³/mol. The first-order valence-electron chi connectivity index (χ1n) is 5.64. The Morgan fingerprint density at radius 3 is 2.31 bits per heavy atom. The topological polar surface area (TPSA) is 9.23 Å². The van der Waals surface area contributed by atoms with Crippen molar-refractivity contribution in [2.45, 2.75) is 39.5 Å². The fourth-order valence-electron chi connectivity index (χ4n) is 1.93. The molecule has 0 radical (unpaired) electrons. The van der Waals surface area contributed by atoms with Crippen LogP contribution < -0.4 is 4.74 Å². The summed E-state index contributed by atoms with van der Waals surface area (Å²) in [5.41, 5.74) is 3.83. The summed E-state index contributed by atoms with van der Waals surface area (Å²) in [6.07, 6.45) is 0.857. The van der Waals surface area contributed by atoms with Crippen molar-refractivity contribution in [2.75, 3.05) is 13.0 Å². The van der Waals surface area contributed by atoms with Gasteiger partial charge < -0.3 is 4.74 Å². The van der Waals surface area contributed by atoms with Crippen molar-refractivity contribution in [1.82, 2.24) is 0 Å². The predicted octanol–water partition coefficient (Wildman–Crippen LogP) is 4.08. The van der Waals surface area contributed by atoms with E-state index < -0.39 is 0 Å². The maximum atomic E-state index is 5.83. The van der Waals surface area contributed by atoms with Gasteiger partial charge in [-0.15, -0.1) is 11.6 Å². The van der Waals surface area contributed by atoms with Gasteiger partial charge >= 0.3 is 0 Å². The first-order valence-corrected chi connectivity index (χ1v) is 6.17. The van der Waals surface area contributed by atoms with Crippen LogP contribution in [0, 0.1) is 6.92 Å². The fourth-order valence-corrected chi connectivity index (χ4v) is 2.14. The van der Waals surface area contributed by atoms with Gasteiger partial charge in [-0.1, -0.05) is 38.5 Å². The number of aryl methyl sites for hydroxylation is 2. The van der Waals surface area contributed by atoms with E-state index in [1.807, 2.05) is 0 Å².